The van der Waals surface area contributed by atoms with Gasteiger partial charge in [-0.05, 0) is 38.4 Å². The van der Waals surface area contributed by atoms with Gasteiger partial charge in [0.2, 0.25) is 0 Å². The summed E-state index contributed by atoms with van der Waals surface area (Å²) in [6.07, 6.45) is 5.03. The Bertz CT molecular complexity index is 658. The van der Waals surface area contributed by atoms with Gasteiger partial charge in [-0.1, -0.05) is 36.0 Å². The number of amides is 1. The highest BCUT2D eigenvalue weighted by Gasteiger charge is 2.17. The number of thioether (sulfide) groups is 1. The lowest BCUT2D eigenvalue weighted by Crippen LogP contribution is -2.35. The second kappa shape index (κ2) is 8.08. The zero-order valence-electron chi connectivity index (χ0n) is 13.9. The number of nitrogens with one attached hydrogen (secondary N) is 1. The van der Waals surface area contributed by atoms with Crippen LogP contribution in [0.2, 0.25) is 0 Å². The van der Waals surface area contributed by atoms with Crippen LogP contribution in [0.1, 0.15) is 27.5 Å². The van der Waals surface area contributed by atoms with Crippen LogP contribution in [0.3, 0.4) is 0 Å². The summed E-state index contributed by atoms with van der Waals surface area (Å²) in [6, 6.07) is 8.35. The second-order valence-corrected chi connectivity index (χ2v) is 6.28. The zero-order valence-corrected chi connectivity index (χ0v) is 14.7. The van der Waals surface area contributed by atoms with E-state index in [9.17, 15) is 4.79 Å². The predicted octanol–water partition coefficient (Wildman–Crippen LogP) is 2.54. The molecule has 0 aliphatic heterocycles. The first-order valence-corrected chi connectivity index (χ1v) is 8.61. The summed E-state index contributed by atoms with van der Waals surface area (Å²) in [4.78, 5) is 22.6. The number of likely N-dealkylation sites (N-methyl/N-ethyl adjacent to an activating group) is 1. The molecule has 0 saturated carbocycles. The Morgan fingerprint density at radius 2 is 1.91 bits per heavy atom. The van der Waals surface area contributed by atoms with Crippen molar-refractivity contribution in [2.24, 2.45) is 0 Å². The van der Waals surface area contributed by atoms with Crippen molar-refractivity contribution in [1.82, 2.24) is 20.2 Å². The van der Waals surface area contributed by atoms with E-state index in [1.807, 2.05) is 32.5 Å². The molecule has 2 aromatic rings. The van der Waals surface area contributed by atoms with Crippen LogP contribution in [0.15, 0.2) is 41.8 Å². The summed E-state index contributed by atoms with van der Waals surface area (Å²) < 4.78 is 0. The van der Waals surface area contributed by atoms with Crippen molar-refractivity contribution in [3.05, 3.63) is 53.3 Å². The largest absolute Gasteiger partial charge is 0.350 e. The molecule has 2 rings (SSSR count). The van der Waals surface area contributed by atoms with Gasteiger partial charge in [-0.25, -0.2) is 9.97 Å². The zero-order chi connectivity index (χ0) is 16.8. The van der Waals surface area contributed by atoms with Gasteiger partial charge in [0.05, 0.1) is 11.6 Å². The summed E-state index contributed by atoms with van der Waals surface area (Å²) in [6.45, 7) is 2.61. The standard InChI is InChI=1S/C17H22N4OS/c1-12-7-5-6-8-14(12)15(21(2)3)11-18-16(22)13-9-19-17(23-4)20-10-13/h5-10,15H,11H2,1-4H3,(H,18,22). The van der Waals surface area contributed by atoms with Crippen LogP contribution < -0.4 is 5.32 Å². The van der Waals surface area contributed by atoms with Crippen molar-refractivity contribution < 1.29 is 4.79 Å². The number of carbonyl (C=O) groups is 1. The second-order valence-electron chi connectivity index (χ2n) is 5.50. The highest BCUT2D eigenvalue weighted by molar-refractivity contribution is 7.98. The third-order valence-electron chi connectivity index (χ3n) is 3.70. The summed E-state index contributed by atoms with van der Waals surface area (Å²) in [5.74, 6) is -0.155. The molecule has 1 aromatic carbocycles. The molecule has 1 heterocycles. The van der Waals surface area contributed by atoms with Gasteiger partial charge in [-0.2, -0.15) is 0 Å². The summed E-state index contributed by atoms with van der Waals surface area (Å²) in [7, 11) is 4.03. The van der Waals surface area contributed by atoms with E-state index in [1.54, 1.807) is 12.4 Å². The summed E-state index contributed by atoms with van der Waals surface area (Å²) in [5.41, 5.74) is 2.91. The van der Waals surface area contributed by atoms with Gasteiger partial charge in [0.15, 0.2) is 5.16 Å². The van der Waals surface area contributed by atoms with Crippen LogP contribution >= 0.6 is 11.8 Å². The van der Waals surface area contributed by atoms with Gasteiger partial charge in [0.25, 0.3) is 5.91 Å². The number of benzene rings is 1. The Kier molecular flexibility index (Phi) is 6.12. The van der Waals surface area contributed by atoms with Crippen LogP contribution in [-0.2, 0) is 0 Å². The molecule has 5 nitrogen and oxygen atoms in total. The van der Waals surface area contributed by atoms with E-state index in [4.69, 9.17) is 0 Å². The van der Waals surface area contributed by atoms with Crippen LogP contribution in [-0.4, -0.2) is 47.7 Å². The molecule has 0 aliphatic carbocycles. The van der Waals surface area contributed by atoms with Gasteiger partial charge in [-0.15, -0.1) is 0 Å². The Labute approximate surface area is 141 Å². The van der Waals surface area contributed by atoms with Crippen molar-refractivity contribution in [2.75, 3.05) is 26.9 Å². The molecular weight excluding hydrogens is 308 g/mol. The molecule has 1 aromatic heterocycles. The third kappa shape index (κ3) is 4.53. The van der Waals surface area contributed by atoms with E-state index in [-0.39, 0.29) is 11.9 Å². The molecule has 6 heteroatoms. The van der Waals surface area contributed by atoms with Crippen LogP contribution in [0.25, 0.3) is 0 Å². The molecule has 0 bridgehead atoms. The van der Waals surface area contributed by atoms with Gasteiger partial charge in [0, 0.05) is 18.9 Å². The quantitative estimate of drug-likeness (QED) is 0.651. The van der Waals surface area contributed by atoms with E-state index in [2.05, 4.69) is 39.2 Å². The van der Waals surface area contributed by atoms with E-state index >= 15 is 0 Å². The molecule has 122 valence electrons. The maximum atomic E-state index is 12.3. The van der Waals surface area contributed by atoms with Crippen molar-refractivity contribution >= 4 is 17.7 Å². The molecule has 0 radical (unpaired) electrons. The third-order valence-corrected chi connectivity index (χ3v) is 4.28. The average Bonchev–Trinajstić information content (AvgIpc) is 2.56. The summed E-state index contributed by atoms with van der Waals surface area (Å²) in [5, 5.41) is 3.64. The molecule has 1 amide bonds. The number of nitrogens with zero attached hydrogens (tertiary/aromatic N) is 3. The number of hydrogen-bond donors (Lipinski definition) is 1. The van der Waals surface area contributed by atoms with Gasteiger partial charge >= 0.3 is 0 Å². The number of hydrogen-bond acceptors (Lipinski definition) is 5. The molecular formula is C17H22N4OS. The van der Waals surface area contributed by atoms with E-state index in [1.165, 1.54) is 22.9 Å². The molecule has 1 atom stereocenters. The van der Waals surface area contributed by atoms with Gasteiger partial charge in [0.1, 0.15) is 0 Å². The van der Waals surface area contributed by atoms with Gasteiger partial charge in [-0.3, -0.25) is 4.79 Å². The van der Waals surface area contributed by atoms with Crippen molar-refractivity contribution in [3.63, 3.8) is 0 Å². The Morgan fingerprint density at radius 1 is 1.26 bits per heavy atom. The fourth-order valence-electron chi connectivity index (χ4n) is 2.36. The molecule has 1 N–H and O–H groups in total. The molecule has 0 spiro atoms. The lowest BCUT2D eigenvalue weighted by atomic mass is 10.0. The average molecular weight is 330 g/mol. The highest BCUT2D eigenvalue weighted by atomic mass is 32.2. The Hall–Kier alpha value is -1.92. The lowest BCUT2D eigenvalue weighted by molar-refractivity contribution is 0.0941. The lowest BCUT2D eigenvalue weighted by Gasteiger charge is -2.26. The fourth-order valence-corrected chi connectivity index (χ4v) is 2.68. The smallest absolute Gasteiger partial charge is 0.254 e. The maximum absolute atomic E-state index is 12.3. The van der Waals surface area contributed by atoms with E-state index in [0.717, 1.165) is 0 Å². The van der Waals surface area contributed by atoms with Crippen molar-refractivity contribution in [2.45, 2.75) is 18.1 Å². The van der Waals surface area contributed by atoms with E-state index in [0.29, 0.717) is 17.3 Å². The fraction of sp³-hybridized carbons (Fsp3) is 0.353. The first kappa shape index (κ1) is 17.4. The molecule has 23 heavy (non-hydrogen) atoms. The number of carbonyl (C=O) groups excluding carboxylic acids is 1. The SMILES string of the molecule is CSc1ncc(C(=O)NCC(c2ccccc2C)N(C)C)cn1. The number of aryl methyl sites for hydroxylation is 1. The van der Waals surface area contributed by atoms with E-state index < -0.39 is 0 Å². The molecule has 0 fully saturated rings. The van der Waals surface area contributed by atoms with Crippen molar-refractivity contribution in [3.8, 4) is 0 Å². The Morgan fingerprint density at radius 3 is 2.48 bits per heavy atom. The summed E-state index contributed by atoms with van der Waals surface area (Å²) >= 11 is 1.45. The van der Waals surface area contributed by atoms with Crippen molar-refractivity contribution in [1.29, 1.82) is 0 Å². The normalized spacial score (nSPS) is 12.2. The van der Waals surface area contributed by atoms with Crippen LogP contribution in [0.4, 0.5) is 0 Å². The molecule has 1 unspecified atom stereocenters. The number of aromatic nitrogens is 2. The Balaban J connectivity index is 2.06. The maximum Gasteiger partial charge on any atom is 0.254 e. The topological polar surface area (TPSA) is 58.1 Å². The minimum atomic E-state index is -0.155. The molecule has 0 aliphatic rings. The van der Waals surface area contributed by atoms with Gasteiger partial charge < -0.3 is 10.2 Å². The van der Waals surface area contributed by atoms with Crippen LogP contribution in [0.5, 0.6) is 0 Å². The minimum absolute atomic E-state index is 0.117. The molecule has 0 saturated heterocycles. The monoisotopic (exact) mass is 330 g/mol. The highest BCUT2D eigenvalue weighted by Crippen LogP contribution is 2.21. The minimum Gasteiger partial charge on any atom is -0.350 e. The van der Waals surface area contributed by atoms with Crippen LogP contribution in [0, 0.1) is 6.92 Å². The number of rotatable bonds is 6. The predicted molar refractivity (Wildman–Crippen MR) is 93.8 cm³/mol. The first-order valence-electron chi connectivity index (χ1n) is 7.39. The first-order chi connectivity index (χ1) is 11.0.